The molecule has 0 N–H and O–H groups in total. The minimum absolute atomic E-state index is 0.178. The molecule has 4 rings (SSSR count). The molecule has 0 saturated carbocycles. The van der Waals surface area contributed by atoms with Gasteiger partial charge in [-0.2, -0.15) is 4.68 Å². The van der Waals surface area contributed by atoms with Crippen LogP contribution in [0.2, 0.25) is 0 Å². The zero-order valence-electron chi connectivity index (χ0n) is 11.4. The summed E-state index contributed by atoms with van der Waals surface area (Å²) in [6.45, 7) is 2.03. The molecule has 0 saturated heterocycles. The molecule has 0 fully saturated rings. The number of aromatic nitrogens is 6. The van der Waals surface area contributed by atoms with Crippen LogP contribution in [0.4, 0.5) is 5.82 Å². The highest BCUT2D eigenvalue weighted by molar-refractivity contribution is 7.16. The Hall–Kier alpha value is -2.88. The molecule has 4 aromatic heterocycles. The molecule has 0 unspecified atom stereocenters. The Bertz CT molecular complexity index is 1020. The van der Waals surface area contributed by atoms with Crippen molar-refractivity contribution >= 4 is 33.0 Å². The lowest BCUT2D eigenvalue weighted by molar-refractivity contribution is -0.389. The Kier molecular flexibility index (Phi) is 2.66. The predicted octanol–water partition coefficient (Wildman–Crippen LogP) is 1.80. The number of hydrogen-bond acceptors (Lipinski definition) is 7. The maximum absolute atomic E-state index is 10.8. The summed E-state index contributed by atoms with van der Waals surface area (Å²) in [5.74, 6) is 0.352. The van der Waals surface area contributed by atoms with Crippen molar-refractivity contribution in [2.45, 2.75) is 13.5 Å². The van der Waals surface area contributed by atoms with Crippen molar-refractivity contribution in [2.24, 2.45) is 0 Å². The summed E-state index contributed by atoms with van der Waals surface area (Å²) in [6, 6.07) is 3.37. The van der Waals surface area contributed by atoms with Crippen molar-refractivity contribution in [1.82, 2.24) is 29.4 Å². The number of hydrogen-bond donors (Lipinski definition) is 0. The van der Waals surface area contributed by atoms with Crippen molar-refractivity contribution in [3.05, 3.63) is 45.5 Å². The summed E-state index contributed by atoms with van der Waals surface area (Å²) in [5.41, 5.74) is 1.41. The average Bonchev–Trinajstić information content (AvgIpc) is 3.16. The van der Waals surface area contributed by atoms with Crippen LogP contribution in [-0.2, 0) is 6.54 Å². The van der Waals surface area contributed by atoms with Gasteiger partial charge in [-0.15, -0.1) is 16.4 Å². The molecule has 4 heterocycles. The van der Waals surface area contributed by atoms with E-state index in [0.29, 0.717) is 11.5 Å². The SMILES string of the molecule is Cc1cc([N+](=O)[O-])nn1Cc1nc2c3ccsc3ncn2n1. The van der Waals surface area contributed by atoms with Crippen molar-refractivity contribution < 1.29 is 4.92 Å². The van der Waals surface area contributed by atoms with E-state index in [1.807, 2.05) is 11.4 Å². The topological polar surface area (TPSA) is 104 Å². The Morgan fingerprint density at radius 3 is 3.05 bits per heavy atom. The zero-order chi connectivity index (χ0) is 15.3. The van der Waals surface area contributed by atoms with Crippen molar-refractivity contribution in [3.8, 4) is 0 Å². The normalized spacial score (nSPS) is 11.5. The predicted molar refractivity (Wildman–Crippen MR) is 78.9 cm³/mol. The Morgan fingerprint density at radius 2 is 2.27 bits per heavy atom. The van der Waals surface area contributed by atoms with Crippen LogP contribution in [0.5, 0.6) is 0 Å². The van der Waals surface area contributed by atoms with Gasteiger partial charge >= 0.3 is 5.82 Å². The first kappa shape index (κ1) is 12.8. The number of nitro groups is 1. The molecule has 9 nitrogen and oxygen atoms in total. The molecule has 10 heteroatoms. The van der Waals surface area contributed by atoms with E-state index in [-0.39, 0.29) is 12.4 Å². The molecule has 0 aliphatic carbocycles. The van der Waals surface area contributed by atoms with Crippen molar-refractivity contribution in [2.75, 3.05) is 0 Å². The van der Waals surface area contributed by atoms with E-state index in [1.54, 1.807) is 17.8 Å². The third kappa shape index (κ3) is 1.92. The summed E-state index contributed by atoms with van der Waals surface area (Å²) < 4.78 is 3.13. The fourth-order valence-electron chi connectivity index (χ4n) is 2.25. The van der Waals surface area contributed by atoms with Crippen LogP contribution < -0.4 is 0 Å². The van der Waals surface area contributed by atoms with Gasteiger partial charge in [-0.1, -0.05) is 0 Å². The van der Waals surface area contributed by atoms with E-state index in [2.05, 4.69) is 20.2 Å². The molecule has 110 valence electrons. The fraction of sp³-hybridized carbons (Fsp3) is 0.167. The Labute approximate surface area is 127 Å². The van der Waals surface area contributed by atoms with E-state index in [9.17, 15) is 10.1 Å². The summed E-state index contributed by atoms with van der Waals surface area (Å²) in [5, 5.41) is 21.9. The first-order valence-corrected chi connectivity index (χ1v) is 7.26. The van der Waals surface area contributed by atoms with Crippen molar-refractivity contribution in [1.29, 1.82) is 0 Å². The maximum Gasteiger partial charge on any atom is 0.390 e. The lowest BCUT2D eigenvalue weighted by atomic mass is 10.4. The van der Waals surface area contributed by atoms with Crippen LogP contribution in [0.3, 0.4) is 0 Å². The Balaban J connectivity index is 1.76. The van der Waals surface area contributed by atoms with Gasteiger partial charge in [-0.05, 0) is 23.3 Å². The second-order valence-electron chi connectivity index (χ2n) is 4.74. The van der Waals surface area contributed by atoms with Crippen LogP contribution in [-0.4, -0.2) is 34.3 Å². The van der Waals surface area contributed by atoms with Crippen molar-refractivity contribution in [3.63, 3.8) is 0 Å². The molecule has 0 bridgehead atoms. The highest BCUT2D eigenvalue weighted by atomic mass is 32.1. The largest absolute Gasteiger partial charge is 0.390 e. The molecule has 0 radical (unpaired) electrons. The number of fused-ring (bicyclic) bond motifs is 3. The molecule has 0 amide bonds. The van der Waals surface area contributed by atoms with Crippen LogP contribution in [0.15, 0.2) is 23.8 Å². The fourth-order valence-corrected chi connectivity index (χ4v) is 2.98. The standard InChI is InChI=1S/C12H9N7O2S/c1-7-4-10(19(20)21)16-17(7)5-9-14-11-8-2-3-22-12(8)13-6-18(11)15-9/h2-4,6H,5H2,1H3. The van der Waals surface area contributed by atoms with Gasteiger partial charge in [0.25, 0.3) is 0 Å². The number of nitrogens with zero attached hydrogens (tertiary/aromatic N) is 7. The van der Waals surface area contributed by atoms with Gasteiger partial charge in [0.15, 0.2) is 11.5 Å². The van der Waals surface area contributed by atoms with Crippen LogP contribution in [0.25, 0.3) is 15.9 Å². The zero-order valence-corrected chi connectivity index (χ0v) is 12.2. The smallest absolute Gasteiger partial charge is 0.358 e. The lowest BCUT2D eigenvalue weighted by Crippen LogP contribution is -2.06. The lowest BCUT2D eigenvalue weighted by Gasteiger charge is -1.93. The quantitative estimate of drug-likeness (QED) is 0.422. The van der Waals surface area contributed by atoms with E-state index < -0.39 is 4.92 Å². The van der Waals surface area contributed by atoms with Gasteiger partial charge in [0.1, 0.15) is 17.7 Å². The summed E-state index contributed by atoms with van der Waals surface area (Å²) in [6.07, 6.45) is 1.61. The molecule has 0 aliphatic heterocycles. The molecular weight excluding hydrogens is 306 g/mol. The molecule has 4 aromatic rings. The first-order valence-electron chi connectivity index (χ1n) is 6.38. The van der Waals surface area contributed by atoms with E-state index in [1.165, 1.54) is 22.1 Å². The van der Waals surface area contributed by atoms with Gasteiger partial charge in [0.05, 0.1) is 22.2 Å². The molecule has 0 spiro atoms. The molecular formula is C12H9N7O2S. The highest BCUT2D eigenvalue weighted by Crippen LogP contribution is 2.21. The van der Waals surface area contributed by atoms with E-state index in [0.717, 1.165) is 15.9 Å². The second-order valence-corrected chi connectivity index (χ2v) is 5.63. The van der Waals surface area contributed by atoms with Crippen LogP contribution in [0.1, 0.15) is 11.5 Å². The Morgan fingerprint density at radius 1 is 1.41 bits per heavy atom. The highest BCUT2D eigenvalue weighted by Gasteiger charge is 2.17. The molecule has 0 aliphatic rings. The first-order chi connectivity index (χ1) is 10.6. The minimum atomic E-state index is -0.514. The maximum atomic E-state index is 10.8. The number of aryl methyl sites for hydroxylation is 1. The average molecular weight is 315 g/mol. The van der Waals surface area contributed by atoms with Gasteiger partial charge in [-0.25, -0.2) is 14.5 Å². The molecule has 0 atom stereocenters. The van der Waals surface area contributed by atoms with E-state index in [4.69, 9.17) is 0 Å². The minimum Gasteiger partial charge on any atom is -0.358 e. The summed E-state index contributed by atoms with van der Waals surface area (Å²) in [4.78, 5) is 19.9. The third-order valence-corrected chi connectivity index (χ3v) is 4.11. The van der Waals surface area contributed by atoms with Gasteiger partial charge in [0, 0.05) is 0 Å². The number of thiophene rings is 1. The second kappa shape index (κ2) is 4.56. The van der Waals surface area contributed by atoms with Crippen LogP contribution in [0, 0.1) is 17.0 Å². The van der Waals surface area contributed by atoms with E-state index >= 15 is 0 Å². The third-order valence-electron chi connectivity index (χ3n) is 3.29. The molecule has 0 aromatic carbocycles. The van der Waals surface area contributed by atoms with Gasteiger partial charge in [-0.3, -0.25) is 0 Å². The number of rotatable bonds is 3. The monoisotopic (exact) mass is 315 g/mol. The molecule has 22 heavy (non-hydrogen) atoms. The summed E-state index contributed by atoms with van der Waals surface area (Å²) >= 11 is 1.54. The van der Waals surface area contributed by atoms with Crippen LogP contribution >= 0.6 is 11.3 Å². The summed E-state index contributed by atoms with van der Waals surface area (Å²) in [7, 11) is 0. The van der Waals surface area contributed by atoms with Gasteiger partial charge < -0.3 is 10.1 Å². The van der Waals surface area contributed by atoms with Gasteiger partial charge in [0.2, 0.25) is 0 Å².